The highest BCUT2D eigenvalue weighted by Crippen LogP contribution is 2.17. The van der Waals surface area contributed by atoms with E-state index in [4.69, 9.17) is 4.74 Å². The Kier molecular flexibility index (Phi) is 5.48. The van der Waals surface area contributed by atoms with E-state index in [-0.39, 0.29) is 5.91 Å². The number of carbonyl (C=O) groups excluding carboxylic acids is 1. The number of hydrogen-bond acceptors (Lipinski definition) is 5. The van der Waals surface area contributed by atoms with Gasteiger partial charge in [-0.3, -0.25) is 4.79 Å². The number of carbonyl (C=O) groups is 1. The van der Waals surface area contributed by atoms with Crippen LogP contribution in [0.2, 0.25) is 0 Å². The number of nitrogens with zero attached hydrogens (tertiary/aromatic N) is 4. The average molecular weight is 353 g/mol. The molecular formula is C19H23N5O2. The summed E-state index contributed by atoms with van der Waals surface area (Å²) in [5.41, 5.74) is 3.25. The predicted octanol–water partition coefficient (Wildman–Crippen LogP) is 1.78. The van der Waals surface area contributed by atoms with Crippen LogP contribution in [0.3, 0.4) is 0 Å². The summed E-state index contributed by atoms with van der Waals surface area (Å²) in [6.07, 6.45) is 0. The lowest BCUT2D eigenvalue weighted by Gasteiger charge is -2.10. The number of amides is 1. The molecule has 7 nitrogen and oxygen atoms in total. The van der Waals surface area contributed by atoms with Gasteiger partial charge in [-0.05, 0) is 50.0 Å². The lowest BCUT2D eigenvalue weighted by Crippen LogP contribution is -2.31. The van der Waals surface area contributed by atoms with Crippen molar-refractivity contribution in [2.45, 2.75) is 6.54 Å². The molecule has 0 aliphatic heterocycles. The number of aromatic nitrogens is 3. The molecule has 0 radical (unpaired) electrons. The molecule has 0 aliphatic rings. The van der Waals surface area contributed by atoms with Crippen LogP contribution >= 0.6 is 0 Å². The van der Waals surface area contributed by atoms with Gasteiger partial charge in [0.1, 0.15) is 11.3 Å². The van der Waals surface area contributed by atoms with Gasteiger partial charge in [0, 0.05) is 18.7 Å². The van der Waals surface area contributed by atoms with E-state index in [9.17, 15) is 4.79 Å². The predicted molar refractivity (Wildman–Crippen MR) is 101 cm³/mol. The third-order valence-electron chi connectivity index (χ3n) is 4.09. The van der Waals surface area contributed by atoms with Crippen LogP contribution < -0.4 is 10.1 Å². The zero-order valence-corrected chi connectivity index (χ0v) is 15.3. The second kappa shape index (κ2) is 7.97. The monoisotopic (exact) mass is 353 g/mol. The second-order valence-corrected chi connectivity index (χ2v) is 6.36. The maximum Gasteiger partial charge on any atom is 0.251 e. The van der Waals surface area contributed by atoms with Gasteiger partial charge in [0.15, 0.2) is 0 Å². The minimum atomic E-state index is -0.101. The van der Waals surface area contributed by atoms with E-state index in [1.165, 1.54) is 0 Å². The van der Waals surface area contributed by atoms with Gasteiger partial charge >= 0.3 is 0 Å². The first-order valence-electron chi connectivity index (χ1n) is 8.46. The lowest BCUT2D eigenvalue weighted by molar-refractivity contribution is 0.0951. The summed E-state index contributed by atoms with van der Waals surface area (Å²) in [4.78, 5) is 14.3. The third kappa shape index (κ3) is 4.18. The number of nitrogens with one attached hydrogen (secondary N) is 1. The van der Waals surface area contributed by atoms with Crippen LogP contribution in [0.1, 0.15) is 15.9 Å². The lowest BCUT2D eigenvalue weighted by atomic mass is 10.1. The molecule has 0 aliphatic carbocycles. The first-order valence-corrected chi connectivity index (χ1v) is 8.46. The zero-order valence-electron chi connectivity index (χ0n) is 15.3. The van der Waals surface area contributed by atoms with Gasteiger partial charge in [-0.1, -0.05) is 17.3 Å². The summed E-state index contributed by atoms with van der Waals surface area (Å²) in [6, 6.07) is 13.3. The van der Waals surface area contributed by atoms with Crippen LogP contribution in [0.25, 0.3) is 11.0 Å². The van der Waals surface area contributed by atoms with Crippen molar-refractivity contribution in [1.82, 2.24) is 25.2 Å². The quantitative estimate of drug-likeness (QED) is 0.701. The Balaban J connectivity index is 1.75. The van der Waals surface area contributed by atoms with Crippen molar-refractivity contribution in [2.24, 2.45) is 0 Å². The summed E-state index contributed by atoms with van der Waals surface area (Å²) >= 11 is 0. The van der Waals surface area contributed by atoms with Crippen molar-refractivity contribution in [1.29, 1.82) is 0 Å². The number of fused-ring (bicyclic) bond motifs is 1. The summed E-state index contributed by atoms with van der Waals surface area (Å²) in [7, 11) is 5.59. The normalized spacial score (nSPS) is 11.1. The van der Waals surface area contributed by atoms with E-state index in [2.05, 4.69) is 15.6 Å². The van der Waals surface area contributed by atoms with Crippen LogP contribution in [0, 0.1) is 0 Å². The Morgan fingerprint density at radius 2 is 2.08 bits per heavy atom. The maximum absolute atomic E-state index is 12.2. The largest absolute Gasteiger partial charge is 0.497 e. The molecule has 26 heavy (non-hydrogen) atoms. The van der Waals surface area contributed by atoms with Crippen molar-refractivity contribution in [3.05, 3.63) is 53.6 Å². The van der Waals surface area contributed by atoms with E-state index < -0.39 is 0 Å². The molecule has 0 atom stereocenters. The molecule has 0 saturated heterocycles. The van der Waals surface area contributed by atoms with E-state index in [1.807, 2.05) is 54.0 Å². The van der Waals surface area contributed by atoms with Gasteiger partial charge in [0.25, 0.3) is 5.91 Å². The number of hydrogen-bond donors (Lipinski definition) is 1. The van der Waals surface area contributed by atoms with Crippen LogP contribution in [-0.2, 0) is 6.54 Å². The van der Waals surface area contributed by atoms with Crippen molar-refractivity contribution in [3.8, 4) is 5.75 Å². The van der Waals surface area contributed by atoms with Crippen molar-refractivity contribution in [3.63, 3.8) is 0 Å². The van der Waals surface area contributed by atoms with Crippen molar-refractivity contribution >= 4 is 16.9 Å². The molecule has 0 saturated carbocycles. The highest BCUT2D eigenvalue weighted by atomic mass is 16.5. The van der Waals surface area contributed by atoms with Gasteiger partial charge in [-0.2, -0.15) is 0 Å². The first kappa shape index (κ1) is 17.9. The molecule has 7 heteroatoms. The van der Waals surface area contributed by atoms with Gasteiger partial charge in [-0.25, -0.2) is 4.68 Å². The summed E-state index contributed by atoms with van der Waals surface area (Å²) in [6.45, 7) is 1.99. The standard InChI is InChI=1S/C19H23N5O2/c1-23(2)10-9-20-19(25)15-7-8-18-17(12-15)21-22-24(18)13-14-5-4-6-16(11-14)26-3/h4-8,11-12H,9-10,13H2,1-3H3,(H,20,25). The van der Waals surface area contributed by atoms with E-state index in [0.29, 0.717) is 24.2 Å². The molecule has 136 valence electrons. The van der Waals surface area contributed by atoms with Crippen molar-refractivity contribution in [2.75, 3.05) is 34.3 Å². The number of likely N-dealkylation sites (N-methyl/N-ethyl adjacent to an activating group) is 1. The van der Waals surface area contributed by atoms with Gasteiger partial charge in [0.2, 0.25) is 0 Å². The zero-order chi connectivity index (χ0) is 18.5. The van der Waals surface area contributed by atoms with Crippen LogP contribution in [0.15, 0.2) is 42.5 Å². The molecule has 2 aromatic carbocycles. The van der Waals surface area contributed by atoms with Crippen LogP contribution in [-0.4, -0.2) is 60.1 Å². The van der Waals surface area contributed by atoms with Gasteiger partial charge in [0.05, 0.1) is 19.2 Å². The molecule has 1 amide bonds. The molecule has 1 N–H and O–H groups in total. The SMILES string of the molecule is COc1cccc(Cn2nnc3cc(C(=O)NCCN(C)C)ccc32)c1. The van der Waals surface area contributed by atoms with E-state index in [1.54, 1.807) is 19.2 Å². The number of methoxy groups -OCH3 is 1. The second-order valence-electron chi connectivity index (χ2n) is 6.36. The molecule has 3 aromatic rings. The van der Waals surface area contributed by atoms with Gasteiger partial charge < -0.3 is 15.0 Å². The molecule has 1 aromatic heterocycles. The summed E-state index contributed by atoms with van der Waals surface area (Å²) in [5.74, 6) is 0.708. The minimum Gasteiger partial charge on any atom is -0.497 e. The molecule has 1 heterocycles. The molecule has 0 bridgehead atoms. The Hall–Kier alpha value is -2.93. The van der Waals surface area contributed by atoms with Gasteiger partial charge in [-0.15, -0.1) is 5.10 Å². The fourth-order valence-electron chi connectivity index (χ4n) is 2.67. The molecular weight excluding hydrogens is 330 g/mol. The van der Waals surface area contributed by atoms with E-state index >= 15 is 0 Å². The maximum atomic E-state index is 12.2. The Labute approximate surface area is 152 Å². The Morgan fingerprint density at radius 1 is 1.23 bits per heavy atom. The topological polar surface area (TPSA) is 72.3 Å². The first-order chi connectivity index (χ1) is 12.6. The average Bonchev–Trinajstić information content (AvgIpc) is 3.03. The Bertz CT molecular complexity index is 904. The van der Waals surface area contributed by atoms with Crippen LogP contribution in [0.4, 0.5) is 0 Å². The Morgan fingerprint density at radius 3 is 2.85 bits per heavy atom. The highest BCUT2D eigenvalue weighted by Gasteiger charge is 2.10. The number of benzene rings is 2. The molecule has 3 rings (SSSR count). The third-order valence-corrected chi connectivity index (χ3v) is 4.09. The fraction of sp³-hybridized carbons (Fsp3) is 0.316. The smallest absolute Gasteiger partial charge is 0.251 e. The summed E-state index contributed by atoms with van der Waals surface area (Å²) < 4.78 is 7.08. The van der Waals surface area contributed by atoms with Crippen LogP contribution in [0.5, 0.6) is 5.75 Å². The highest BCUT2D eigenvalue weighted by molar-refractivity contribution is 5.97. The van der Waals surface area contributed by atoms with Crippen molar-refractivity contribution < 1.29 is 9.53 Å². The van der Waals surface area contributed by atoms with E-state index in [0.717, 1.165) is 23.4 Å². The molecule has 0 spiro atoms. The summed E-state index contributed by atoms with van der Waals surface area (Å²) in [5, 5.41) is 11.3. The fourth-order valence-corrected chi connectivity index (χ4v) is 2.67. The number of rotatable bonds is 7. The molecule has 0 unspecified atom stereocenters. The number of ether oxygens (including phenoxy) is 1. The molecule has 0 fully saturated rings. The minimum absolute atomic E-state index is 0.101.